The summed E-state index contributed by atoms with van der Waals surface area (Å²) in [4.78, 5) is 25.5. The van der Waals surface area contributed by atoms with Crippen LogP contribution in [0.3, 0.4) is 0 Å². The number of carboxylic acid groups (broad SMARTS) is 1. The van der Waals surface area contributed by atoms with E-state index in [2.05, 4.69) is 6.58 Å². The number of benzene rings is 2. The van der Waals surface area contributed by atoms with Gasteiger partial charge in [-0.15, -0.1) is 0 Å². The van der Waals surface area contributed by atoms with E-state index in [1.165, 1.54) is 4.90 Å². The molecule has 1 aliphatic rings. The third-order valence-electron chi connectivity index (χ3n) is 5.28. The van der Waals surface area contributed by atoms with E-state index in [4.69, 9.17) is 22.1 Å². The van der Waals surface area contributed by atoms with Gasteiger partial charge in [-0.1, -0.05) is 54.8 Å². The van der Waals surface area contributed by atoms with Gasteiger partial charge in [-0.05, 0) is 48.9 Å². The molecule has 0 saturated carbocycles. The first-order valence-electron chi connectivity index (χ1n) is 10.8. The van der Waals surface area contributed by atoms with E-state index in [1.54, 1.807) is 16.8 Å². The highest BCUT2D eigenvalue weighted by molar-refractivity contribution is 8.26. The smallest absolute Gasteiger partial charge is 0.266 e. The Balaban J connectivity index is 1.75. The van der Waals surface area contributed by atoms with Crippen molar-refractivity contribution in [2.45, 2.75) is 13.3 Å². The van der Waals surface area contributed by atoms with Crippen LogP contribution in [-0.4, -0.2) is 44.0 Å². The highest BCUT2D eigenvalue weighted by Gasteiger charge is 2.32. The summed E-state index contributed by atoms with van der Waals surface area (Å²) in [7, 11) is 0. The van der Waals surface area contributed by atoms with Gasteiger partial charge in [-0.25, -0.2) is 4.68 Å². The summed E-state index contributed by atoms with van der Waals surface area (Å²) < 4.78 is 7.73. The Morgan fingerprint density at radius 2 is 2.03 bits per heavy atom. The third-order valence-corrected chi connectivity index (χ3v) is 6.66. The van der Waals surface area contributed by atoms with E-state index in [0.29, 0.717) is 21.5 Å². The van der Waals surface area contributed by atoms with Crippen molar-refractivity contribution in [1.29, 1.82) is 0 Å². The summed E-state index contributed by atoms with van der Waals surface area (Å²) in [5, 5.41) is 15.7. The Kier molecular flexibility index (Phi) is 7.48. The minimum Gasteiger partial charge on any atom is -0.550 e. The van der Waals surface area contributed by atoms with Gasteiger partial charge < -0.3 is 14.6 Å². The summed E-state index contributed by atoms with van der Waals surface area (Å²) in [5.74, 6) is -0.834. The number of nitrogens with zero attached hydrogens (tertiary/aromatic N) is 3. The zero-order valence-corrected chi connectivity index (χ0v) is 20.6. The molecule has 0 bridgehead atoms. The number of aromatic nitrogens is 2. The molecule has 0 unspecified atom stereocenters. The van der Waals surface area contributed by atoms with Gasteiger partial charge in [0.2, 0.25) is 0 Å². The van der Waals surface area contributed by atoms with Crippen molar-refractivity contribution in [3.63, 3.8) is 0 Å². The lowest BCUT2D eigenvalue weighted by molar-refractivity contribution is -0.305. The van der Waals surface area contributed by atoms with Crippen LogP contribution in [0.1, 0.15) is 17.5 Å². The minimum absolute atomic E-state index is 0.0221. The molecule has 0 N–H and O–H groups in total. The molecule has 7 nitrogen and oxygen atoms in total. The van der Waals surface area contributed by atoms with Crippen molar-refractivity contribution in [3.8, 4) is 22.7 Å². The first-order valence-corrected chi connectivity index (χ1v) is 12.0. The number of carbonyl (C=O) groups excluding carboxylic acids is 2. The van der Waals surface area contributed by atoms with E-state index >= 15 is 0 Å². The van der Waals surface area contributed by atoms with Crippen molar-refractivity contribution in [3.05, 3.63) is 83.4 Å². The molecule has 1 aromatic heterocycles. The maximum absolute atomic E-state index is 13.0. The van der Waals surface area contributed by atoms with Gasteiger partial charge in [0.05, 0.1) is 10.6 Å². The highest BCUT2D eigenvalue weighted by atomic mass is 32.2. The Morgan fingerprint density at radius 1 is 1.26 bits per heavy atom. The average molecular weight is 505 g/mol. The Hall–Kier alpha value is -3.69. The third kappa shape index (κ3) is 5.52. The second kappa shape index (κ2) is 10.7. The fraction of sp³-hybridized carbons (Fsp3) is 0.154. The summed E-state index contributed by atoms with van der Waals surface area (Å²) >= 11 is 6.46. The molecule has 0 spiro atoms. The number of hydrogen-bond donors (Lipinski definition) is 0. The fourth-order valence-corrected chi connectivity index (χ4v) is 4.90. The summed E-state index contributed by atoms with van der Waals surface area (Å²) in [6.07, 6.45) is 5.02. The van der Waals surface area contributed by atoms with Gasteiger partial charge in [0.1, 0.15) is 22.4 Å². The molecule has 2 heterocycles. The van der Waals surface area contributed by atoms with Crippen molar-refractivity contribution >= 4 is 46.3 Å². The van der Waals surface area contributed by atoms with Crippen molar-refractivity contribution < 1.29 is 19.4 Å². The van der Waals surface area contributed by atoms with Gasteiger partial charge in [-0.2, -0.15) is 5.10 Å². The molecule has 0 aliphatic carbocycles. The first-order chi connectivity index (χ1) is 16.9. The molecule has 2 aromatic carbocycles. The summed E-state index contributed by atoms with van der Waals surface area (Å²) in [6, 6.07) is 15.4. The van der Waals surface area contributed by atoms with E-state index < -0.39 is 5.97 Å². The number of aryl methyl sites for hydroxylation is 1. The summed E-state index contributed by atoms with van der Waals surface area (Å²) in [5.41, 5.74) is 4.16. The average Bonchev–Trinajstić information content (AvgIpc) is 3.37. The molecule has 4 rings (SSSR count). The molecule has 0 atom stereocenters. The second-order valence-corrected chi connectivity index (χ2v) is 9.42. The van der Waals surface area contributed by atoms with Crippen LogP contribution in [-0.2, 0) is 9.59 Å². The van der Waals surface area contributed by atoms with Crippen molar-refractivity contribution in [1.82, 2.24) is 14.7 Å². The predicted octanol–water partition coefficient (Wildman–Crippen LogP) is 3.75. The van der Waals surface area contributed by atoms with Crippen molar-refractivity contribution in [2.24, 2.45) is 0 Å². The highest BCUT2D eigenvalue weighted by Crippen LogP contribution is 2.36. The van der Waals surface area contributed by atoms with Crippen LogP contribution in [0.25, 0.3) is 23.0 Å². The van der Waals surface area contributed by atoms with E-state index in [0.717, 1.165) is 39.9 Å². The van der Waals surface area contributed by atoms with Crippen molar-refractivity contribution in [2.75, 3.05) is 13.2 Å². The molecule has 9 heteroatoms. The molecular formula is C26H22N3O4S2-. The maximum atomic E-state index is 13.0. The zero-order valence-electron chi connectivity index (χ0n) is 19.0. The normalized spacial score (nSPS) is 14.5. The molecule has 3 aromatic rings. The lowest BCUT2D eigenvalue weighted by Crippen LogP contribution is -2.33. The number of thioether (sulfide) groups is 1. The predicted molar refractivity (Wildman–Crippen MR) is 139 cm³/mol. The second-order valence-electron chi connectivity index (χ2n) is 7.74. The number of thiocarbonyl (C=S) groups is 1. The van der Waals surface area contributed by atoms with Crippen LogP contribution in [0.4, 0.5) is 0 Å². The molecular weight excluding hydrogens is 482 g/mol. The molecule has 1 amide bonds. The number of carboxylic acids is 1. The fourth-order valence-electron chi connectivity index (χ4n) is 3.60. The lowest BCUT2D eigenvalue weighted by Gasteiger charge is -2.14. The Labute approximate surface area is 212 Å². The number of carbonyl (C=O) groups is 2. The number of para-hydroxylation sites is 1. The maximum Gasteiger partial charge on any atom is 0.266 e. The van der Waals surface area contributed by atoms with Gasteiger partial charge in [-0.3, -0.25) is 9.69 Å². The largest absolute Gasteiger partial charge is 0.550 e. The lowest BCUT2D eigenvalue weighted by atomic mass is 10.0. The minimum atomic E-state index is -1.23. The van der Waals surface area contributed by atoms with Crippen LogP contribution in [0.2, 0.25) is 0 Å². The number of rotatable bonds is 9. The van der Waals surface area contributed by atoms with E-state index in [-0.39, 0.29) is 18.9 Å². The number of ether oxygens (including phenoxy) is 1. The van der Waals surface area contributed by atoms with E-state index in [1.807, 2.05) is 61.7 Å². The topological polar surface area (TPSA) is 87.5 Å². The van der Waals surface area contributed by atoms with Crippen LogP contribution < -0.4 is 9.84 Å². The Morgan fingerprint density at radius 3 is 2.71 bits per heavy atom. The SMILES string of the molecule is C=CCOc1ccc(-c2nn(-c3ccccc3)cc2/C=C2\SC(=S)N(CCC(=O)[O-])C2=O)c(C)c1. The standard InChI is InChI=1S/C26H23N3O4S2/c1-3-13-33-20-9-10-21(17(2)14-20)24-18(16-29(27-24)19-7-5-4-6-8-19)15-22-25(32)28(26(34)35-22)12-11-23(30)31/h3-10,14-16H,1,11-13H2,2H3,(H,30,31)/p-1/b22-15-. The molecule has 1 aliphatic heterocycles. The Bertz CT molecular complexity index is 1330. The molecule has 1 fully saturated rings. The van der Waals surface area contributed by atoms with Crippen LogP contribution in [0.15, 0.2) is 72.3 Å². The first kappa shape index (κ1) is 24.4. The molecule has 0 radical (unpaired) electrons. The van der Waals surface area contributed by atoms with Crippen LogP contribution >= 0.6 is 24.0 Å². The number of amides is 1. The number of aliphatic carboxylic acids is 1. The van der Waals surface area contributed by atoms with E-state index in [9.17, 15) is 14.7 Å². The molecule has 35 heavy (non-hydrogen) atoms. The monoisotopic (exact) mass is 504 g/mol. The van der Waals surface area contributed by atoms with Gasteiger partial charge in [0.25, 0.3) is 5.91 Å². The summed E-state index contributed by atoms with van der Waals surface area (Å²) in [6.45, 7) is 6.03. The number of hydrogen-bond acceptors (Lipinski definition) is 7. The van der Waals surface area contributed by atoms with Gasteiger partial charge in [0, 0.05) is 36.3 Å². The van der Waals surface area contributed by atoms with Gasteiger partial charge in [0.15, 0.2) is 0 Å². The van der Waals surface area contributed by atoms with Gasteiger partial charge >= 0.3 is 0 Å². The zero-order chi connectivity index (χ0) is 24.9. The molecule has 1 saturated heterocycles. The van der Waals surface area contributed by atoms with Crippen LogP contribution in [0.5, 0.6) is 5.75 Å². The molecule has 178 valence electrons. The van der Waals surface area contributed by atoms with Crippen LogP contribution in [0, 0.1) is 6.92 Å². The quantitative estimate of drug-likeness (QED) is 0.249.